The van der Waals surface area contributed by atoms with Crippen LogP contribution in [0.5, 0.6) is 0 Å². The molecule has 1 amide bonds. The standard InChI is InChI=1S/C18H35N5O/c1-14(2)10-19-18(21-12-17(24)22(5)6)20-11-16-8-7-9-23(16)13-15(3)4/h15-16H,1,7-13H2,2-6H3,(H2,19,20,21)/t16-/m1/s1. The second-order valence-corrected chi connectivity index (χ2v) is 7.33. The molecule has 1 heterocycles. The van der Waals surface area contributed by atoms with Gasteiger partial charge in [0.05, 0.1) is 0 Å². The van der Waals surface area contributed by atoms with E-state index in [9.17, 15) is 4.79 Å². The van der Waals surface area contributed by atoms with Gasteiger partial charge in [0.25, 0.3) is 0 Å². The number of likely N-dealkylation sites (tertiary alicyclic amines) is 1. The van der Waals surface area contributed by atoms with Gasteiger partial charge in [0.2, 0.25) is 5.91 Å². The third-order valence-corrected chi connectivity index (χ3v) is 4.03. The number of aliphatic imine (C=N–C) groups is 1. The number of likely N-dealkylation sites (N-methyl/N-ethyl adjacent to an activating group) is 1. The van der Waals surface area contributed by atoms with E-state index in [1.54, 1.807) is 19.0 Å². The van der Waals surface area contributed by atoms with E-state index >= 15 is 0 Å². The predicted octanol–water partition coefficient (Wildman–Crippen LogP) is 1.31. The Balaban J connectivity index is 2.58. The maximum Gasteiger partial charge on any atom is 0.243 e. The minimum Gasteiger partial charge on any atom is -0.355 e. The molecule has 0 spiro atoms. The number of nitrogens with one attached hydrogen (secondary N) is 2. The second kappa shape index (κ2) is 10.3. The van der Waals surface area contributed by atoms with E-state index in [1.165, 1.54) is 19.4 Å². The summed E-state index contributed by atoms with van der Waals surface area (Å²) in [6, 6.07) is 0.536. The Bertz CT molecular complexity index is 445. The van der Waals surface area contributed by atoms with Gasteiger partial charge >= 0.3 is 0 Å². The lowest BCUT2D eigenvalue weighted by atomic mass is 10.1. The topological polar surface area (TPSA) is 60.0 Å². The van der Waals surface area contributed by atoms with E-state index in [2.05, 4.69) is 41.0 Å². The Kier molecular flexibility index (Phi) is 8.82. The van der Waals surface area contributed by atoms with Crippen LogP contribution >= 0.6 is 0 Å². The largest absolute Gasteiger partial charge is 0.355 e. The van der Waals surface area contributed by atoms with Gasteiger partial charge in [-0.15, -0.1) is 0 Å². The minimum absolute atomic E-state index is 0.00581. The van der Waals surface area contributed by atoms with Crippen LogP contribution in [0.4, 0.5) is 0 Å². The highest BCUT2D eigenvalue weighted by Gasteiger charge is 2.24. The SMILES string of the molecule is C=C(C)CNC(=NCC(=O)N(C)C)NC[C@H]1CCCN1CC(C)C. The number of hydrogen-bond donors (Lipinski definition) is 2. The molecule has 0 saturated carbocycles. The summed E-state index contributed by atoms with van der Waals surface area (Å²) in [6.07, 6.45) is 2.47. The molecule has 0 unspecified atom stereocenters. The first-order valence-electron chi connectivity index (χ1n) is 8.90. The van der Waals surface area contributed by atoms with Crippen LogP contribution in [-0.2, 0) is 4.79 Å². The van der Waals surface area contributed by atoms with Crippen LogP contribution in [0.25, 0.3) is 0 Å². The number of rotatable bonds is 8. The van der Waals surface area contributed by atoms with Crippen molar-refractivity contribution in [2.75, 3.05) is 46.8 Å². The molecule has 138 valence electrons. The smallest absolute Gasteiger partial charge is 0.243 e. The van der Waals surface area contributed by atoms with Gasteiger partial charge in [-0.2, -0.15) is 0 Å². The summed E-state index contributed by atoms with van der Waals surface area (Å²) in [5.41, 5.74) is 1.03. The van der Waals surface area contributed by atoms with E-state index in [0.29, 0.717) is 24.5 Å². The molecule has 6 heteroatoms. The summed E-state index contributed by atoms with van der Waals surface area (Å²) < 4.78 is 0. The fourth-order valence-electron chi connectivity index (χ4n) is 2.75. The zero-order valence-corrected chi connectivity index (χ0v) is 16.1. The fourth-order valence-corrected chi connectivity index (χ4v) is 2.75. The molecule has 24 heavy (non-hydrogen) atoms. The van der Waals surface area contributed by atoms with Gasteiger partial charge in [-0.1, -0.05) is 26.0 Å². The molecular weight excluding hydrogens is 302 g/mol. The Labute approximate surface area is 147 Å². The van der Waals surface area contributed by atoms with Crippen molar-refractivity contribution < 1.29 is 4.79 Å². The Hall–Kier alpha value is -1.56. The van der Waals surface area contributed by atoms with Gasteiger partial charge in [-0.05, 0) is 32.2 Å². The van der Waals surface area contributed by atoms with Crippen molar-refractivity contribution in [3.05, 3.63) is 12.2 Å². The van der Waals surface area contributed by atoms with E-state index in [4.69, 9.17) is 0 Å². The summed E-state index contributed by atoms with van der Waals surface area (Å²) >= 11 is 0. The first-order chi connectivity index (χ1) is 11.3. The van der Waals surface area contributed by atoms with Gasteiger partial charge in [-0.25, -0.2) is 4.99 Å². The second-order valence-electron chi connectivity index (χ2n) is 7.33. The molecule has 0 aromatic heterocycles. The molecule has 2 N–H and O–H groups in total. The highest BCUT2D eigenvalue weighted by Crippen LogP contribution is 2.17. The Morgan fingerprint density at radius 1 is 1.38 bits per heavy atom. The number of hydrogen-bond acceptors (Lipinski definition) is 3. The third kappa shape index (κ3) is 7.81. The van der Waals surface area contributed by atoms with E-state index < -0.39 is 0 Å². The molecule has 0 aromatic rings. The summed E-state index contributed by atoms with van der Waals surface area (Å²) in [6.45, 7) is 14.4. The highest BCUT2D eigenvalue weighted by atomic mass is 16.2. The molecule has 0 bridgehead atoms. The molecule has 0 radical (unpaired) electrons. The van der Waals surface area contributed by atoms with Crippen LogP contribution < -0.4 is 10.6 Å². The summed E-state index contributed by atoms with van der Waals surface area (Å²) in [4.78, 5) is 20.3. The summed E-state index contributed by atoms with van der Waals surface area (Å²) in [5, 5.41) is 6.64. The first-order valence-corrected chi connectivity index (χ1v) is 8.90. The molecular formula is C18H35N5O. The van der Waals surface area contributed by atoms with Crippen molar-refractivity contribution in [2.24, 2.45) is 10.9 Å². The molecule has 6 nitrogen and oxygen atoms in total. The van der Waals surface area contributed by atoms with Crippen LogP contribution in [0.1, 0.15) is 33.6 Å². The quantitative estimate of drug-likeness (QED) is 0.398. The summed E-state index contributed by atoms with van der Waals surface area (Å²) in [5.74, 6) is 1.36. The molecule has 1 saturated heterocycles. The number of carbonyl (C=O) groups is 1. The molecule has 1 rings (SSSR count). The van der Waals surface area contributed by atoms with E-state index in [1.807, 2.05) is 6.92 Å². The molecule has 0 aliphatic carbocycles. The van der Waals surface area contributed by atoms with Crippen molar-refractivity contribution in [3.8, 4) is 0 Å². The lowest BCUT2D eigenvalue weighted by Gasteiger charge is -2.27. The zero-order chi connectivity index (χ0) is 18.1. The molecule has 1 aliphatic heterocycles. The van der Waals surface area contributed by atoms with Gasteiger partial charge in [0.15, 0.2) is 5.96 Å². The van der Waals surface area contributed by atoms with Crippen LogP contribution in [0, 0.1) is 5.92 Å². The number of carbonyl (C=O) groups excluding carboxylic acids is 1. The van der Waals surface area contributed by atoms with Crippen LogP contribution in [0.15, 0.2) is 17.1 Å². The first kappa shape index (κ1) is 20.5. The zero-order valence-electron chi connectivity index (χ0n) is 16.1. The molecule has 0 aromatic carbocycles. The molecule has 1 aliphatic rings. The Morgan fingerprint density at radius 2 is 2.08 bits per heavy atom. The van der Waals surface area contributed by atoms with Crippen LogP contribution in [0.3, 0.4) is 0 Å². The minimum atomic E-state index is -0.00581. The third-order valence-electron chi connectivity index (χ3n) is 4.03. The predicted molar refractivity (Wildman–Crippen MR) is 101 cm³/mol. The van der Waals surface area contributed by atoms with E-state index in [-0.39, 0.29) is 12.5 Å². The van der Waals surface area contributed by atoms with Crippen LogP contribution in [0.2, 0.25) is 0 Å². The number of nitrogens with zero attached hydrogens (tertiary/aromatic N) is 3. The van der Waals surface area contributed by atoms with Crippen LogP contribution in [-0.4, -0.2) is 74.5 Å². The average molecular weight is 338 g/mol. The van der Waals surface area contributed by atoms with Crippen molar-refractivity contribution in [1.82, 2.24) is 20.4 Å². The van der Waals surface area contributed by atoms with E-state index in [0.717, 1.165) is 18.7 Å². The average Bonchev–Trinajstić information content (AvgIpc) is 2.92. The normalized spacial score (nSPS) is 18.8. The van der Waals surface area contributed by atoms with Gasteiger partial charge in [-0.3, -0.25) is 9.69 Å². The van der Waals surface area contributed by atoms with Crippen molar-refractivity contribution in [1.29, 1.82) is 0 Å². The molecule has 1 fully saturated rings. The fraction of sp³-hybridized carbons (Fsp3) is 0.778. The number of amides is 1. The maximum absolute atomic E-state index is 11.8. The maximum atomic E-state index is 11.8. The van der Waals surface area contributed by atoms with Crippen molar-refractivity contribution >= 4 is 11.9 Å². The van der Waals surface area contributed by atoms with Crippen molar-refractivity contribution in [3.63, 3.8) is 0 Å². The lowest BCUT2D eigenvalue weighted by Crippen LogP contribution is -2.46. The Morgan fingerprint density at radius 3 is 2.67 bits per heavy atom. The van der Waals surface area contributed by atoms with Gasteiger partial charge in [0, 0.05) is 39.8 Å². The summed E-state index contributed by atoms with van der Waals surface area (Å²) in [7, 11) is 3.49. The van der Waals surface area contributed by atoms with Gasteiger partial charge in [0.1, 0.15) is 6.54 Å². The monoisotopic (exact) mass is 337 g/mol. The van der Waals surface area contributed by atoms with Gasteiger partial charge < -0.3 is 15.5 Å². The molecule has 1 atom stereocenters. The van der Waals surface area contributed by atoms with Crippen molar-refractivity contribution in [2.45, 2.75) is 39.7 Å². The lowest BCUT2D eigenvalue weighted by molar-refractivity contribution is -0.127. The number of guanidine groups is 1. The highest BCUT2D eigenvalue weighted by molar-refractivity contribution is 5.84.